The lowest BCUT2D eigenvalue weighted by atomic mass is 9.94. The summed E-state index contributed by atoms with van der Waals surface area (Å²) in [6, 6.07) is 7.24. The highest BCUT2D eigenvalue weighted by Crippen LogP contribution is 2.39. The maximum Gasteiger partial charge on any atom is 0.468 e. The lowest BCUT2D eigenvalue weighted by molar-refractivity contribution is -0.0458. The number of aryl methyl sites for hydroxylation is 1. The summed E-state index contributed by atoms with van der Waals surface area (Å²) in [7, 11) is 0. The van der Waals surface area contributed by atoms with Crippen LogP contribution in [0, 0.1) is 6.92 Å². The minimum absolute atomic E-state index is 0.456. The Kier molecular flexibility index (Phi) is 3.91. The molecule has 5 heteroatoms. The Morgan fingerprint density at radius 1 is 1.12 bits per heavy atom. The van der Waals surface area contributed by atoms with Crippen LogP contribution in [0.4, 0.5) is 13.2 Å². The van der Waals surface area contributed by atoms with Gasteiger partial charge in [-0.1, -0.05) is 24.3 Å². The van der Waals surface area contributed by atoms with Crippen LogP contribution in [0.3, 0.4) is 0 Å². The van der Waals surface area contributed by atoms with Crippen molar-refractivity contribution in [3.63, 3.8) is 0 Å². The van der Waals surface area contributed by atoms with E-state index in [0.717, 1.165) is 11.1 Å². The molecule has 0 aliphatic carbocycles. The Morgan fingerprint density at radius 2 is 1.69 bits per heavy atom. The molecule has 0 unspecified atom stereocenters. The molecule has 0 N–H and O–H groups in total. The van der Waals surface area contributed by atoms with Crippen LogP contribution in [-0.4, -0.2) is 5.51 Å². The van der Waals surface area contributed by atoms with Gasteiger partial charge in [0.1, 0.15) is 17.6 Å². The zero-order chi connectivity index (χ0) is 12.4. The summed E-state index contributed by atoms with van der Waals surface area (Å²) < 4.78 is 41.0. The molecule has 16 heavy (non-hydrogen) atoms. The standard InChI is InChI=1S/C11H13F3OS/c1-8-6-4-5-7-9(8)10(2,3)15-16-11(12,13)14/h4-7H,1-3H3. The highest BCUT2D eigenvalue weighted by molar-refractivity contribution is 7.95. The van der Waals surface area contributed by atoms with Gasteiger partial charge < -0.3 is 0 Å². The van der Waals surface area contributed by atoms with Crippen molar-refractivity contribution in [2.45, 2.75) is 31.9 Å². The molecule has 90 valence electrons. The summed E-state index contributed by atoms with van der Waals surface area (Å²) in [5.74, 6) is 0. The maximum atomic E-state index is 12.0. The molecule has 0 radical (unpaired) electrons. The Hall–Kier alpha value is -0.680. The number of hydrogen-bond acceptors (Lipinski definition) is 2. The first-order valence-electron chi connectivity index (χ1n) is 4.72. The van der Waals surface area contributed by atoms with Gasteiger partial charge in [-0.3, -0.25) is 4.18 Å². The van der Waals surface area contributed by atoms with Crippen LogP contribution in [0.2, 0.25) is 0 Å². The van der Waals surface area contributed by atoms with Crippen LogP contribution in [0.5, 0.6) is 0 Å². The summed E-state index contributed by atoms with van der Waals surface area (Å²) in [5, 5.41) is 0. The Morgan fingerprint density at radius 3 is 2.19 bits per heavy atom. The monoisotopic (exact) mass is 250 g/mol. The van der Waals surface area contributed by atoms with Crippen molar-refractivity contribution >= 4 is 12.0 Å². The number of rotatable bonds is 3. The third kappa shape index (κ3) is 3.72. The maximum absolute atomic E-state index is 12.0. The van der Waals surface area contributed by atoms with E-state index in [2.05, 4.69) is 0 Å². The molecule has 1 aromatic rings. The van der Waals surface area contributed by atoms with E-state index in [1.165, 1.54) is 0 Å². The van der Waals surface area contributed by atoms with Gasteiger partial charge in [0.05, 0.1) is 0 Å². The summed E-state index contributed by atoms with van der Waals surface area (Å²) in [6.07, 6.45) is 0. The van der Waals surface area contributed by atoms with E-state index in [1.807, 2.05) is 19.1 Å². The number of alkyl halides is 3. The highest BCUT2D eigenvalue weighted by Gasteiger charge is 2.35. The van der Waals surface area contributed by atoms with E-state index in [4.69, 9.17) is 4.18 Å². The molecule has 0 atom stereocenters. The second kappa shape index (κ2) is 4.67. The first kappa shape index (κ1) is 13.4. The van der Waals surface area contributed by atoms with Gasteiger partial charge in [-0.05, 0) is 31.9 Å². The summed E-state index contributed by atoms with van der Waals surface area (Å²) in [6.45, 7) is 5.08. The molecule has 1 aromatic carbocycles. The molecule has 0 bridgehead atoms. The van der Waals surface area contributed by atoms with Crippen molar-refractivity contribution in [2.24, 2.45) is 0 Å². The molecule has 0 spiro atoms. The number of benzene rings is 1. The van der Waals surface area contributed by atoms with E-state index in [1.54, 1.807) is 26.0 Å². The van der Waals surface area contributed by atoms with Crippen LogP contribution < -0.4 is 0 Å². The van der Waals surface area contributed by atoms with Gasteiger partial charge in [-0.25, -0.2) is 0 Å². The van der Waals surface area contributed by atoms with Gasteiger partial charge in [-0.2, -0.15) is 13.2 Å². The van der Waals surface area contributed by atoms with Gasteiger partial charge in [-0.15, -0.1) is 0 Å². The quantitative estimate of drug-likeness (QED) is 0.735. The van der Waals surface area contributed by atoms with Crippen LogP contribution in [0.15, 0.2) is 24.3 Å². The van der Waals surface area contributed by atoms with E-state index in [-0.39, 0.29) is 0 Å². The third-order valence-electron chi connectivity index (χ3n) is 2.14. The molecule has 0 aliphatic rings. The smallest absolute Gasteiger partial charge is 0.297 e. The van der Waals surface area contributed by atoms with Crippen LogP contribution in [0.1, 0.15) is 25.0 Å². The largest absolute Gasteiger partial charge is 0.468 e. The van der Waals surface area contributed by atoms with Crippen molar-refractivity contribution in [1.29, 1.82) is 0 Å². The summed E-state index contributed by atoms with van der Waals surface area (Å²) >= 11 is -0.456. The molecule has 1 rings (SSSR count). The normalized spacial score (nSPS) is 12.9. The van der Waals surface area contributed by atoms with Crippen molar-refractivity contribution in [3.8, 4) is 0 Å². The van der Waals surface area contributed by atoms with Crippen molar-refractivity contribution in [1.82, 2.24) is 0 Å². The van der Waals surface area contributed by atoms with Gasteiger partial charge in [0.25, 0.3) is 0 Å². The first-order valence-corrected chi connectivity index (χ1v) is 5.46. The van der Waals surface area contributed by atoms with Gasteiger partial charge in [0, 0.05) is 0 Å². The minimum Gasteiger partial charge on any atom is -0.297 e. The van der Waals surface area contributed by atoms with E-state index in [0.29, 0.717) is 0 Å². The Balaban J connectivity index is 2.82. The second-order valence-electron chi connectivity index (χ2n) is 3.94. The summed E-state index contributed by atoms with van der Waals surface area (Å²) in [4.78, 5) is 0. The topological polar surface area (TPSA) is 9.23 Å². The molecule has 0 heterocycles. The fourth-order valence-electron chi connectivity index (χ4n) is 1.44. The minimum atomic E-state index is -4.38. The highest BCUT2D eigenvalue weighted by atomic mass is 32.2. The van der Waals surface area contributed by atoms with E-state index >= 15 is 0 Å². The lowest BCUT2D eigenvalue weighted by Crippen LogP contribution is -2.21. The Labute approximate surface area is 97.2 Å². The van der Waals surface area contributed by atoms with E-state index in [9.17, 15) is 13.2 Å². The van der Waals surface area contributed by atoms with Crippen LogP contribution in [0.25, 0.3) is 0 Å². The number of halogens is 3. The molecule has 0 saturated heterocycles. The lowest BCUT2D eigenvalue weighted by Gasteiger charge is -2.26. The first-order chi connectivity index (χ1) is 7.22. The SMILES string of the molecule is Cc1ccccc1C(C)(C)OSC(F)(F)F. The zero-order valence-corrected chi connectivity index (χ0v) is 10.1. The zero-order valence-electron chi connectivity index (χ0n) is 9.26. The molecule has 1 nitrogen and oxygen atoms in total. The molecular formula is C11H13F3OS. The average Bonchev–Trinajstić information content (AvgIpc) is 2.14. The predicted molar refractivity (Wildman–Crippen MR) is 58.9 cm³/mol. The van der Waals surface area contributed by atoms with Crippen LogP contribution >= 0.6 is 12.0 Å². The molecule has 0 saturated carbocycles. The fraction of sp³-hybridized carbons (Fsp3) is 0.455. The molecular weight excluding hydrogens is 237 g/mol. The third-order valence-corrected chi connectivity index (χ3v) is 2.83. The molecule has 0 amide bonds. The van der Waals surface area contributed by atoms with Crippen LogP contribution in [-0.2, 0) is 9.78 Å². The number of hydrogen-bond donors (Lipinski definition) is 0. The van der Waals surface area contributed by atoms with E-state index < -0.39 is 23.2 Å². The fourth-order valence-corrected chi connectivity index (χ4v) is 1.84. The predicted octanol–water partition coefficient (Wildman–Crippen LogP) is 4.41. The second-order valence-corrected chi connectivity index (χ2v) is 4.73. The van der Waals surface area contributed by atoms with Gasteiger partial charge in [0.15, 0.2) is 0 Å². The van der Waals surface area contributed by atoms with Crippen molar-refractivity contribution < 1.29 is 17.4 Å². The van der Waals surface area contributed by atoms with Gasteiger partial charge in [0.2, 0.25) is 0 Å². The summed E-state index contributed by atoms with van der Waals surface area (Å²) in [5.41, 5.74) is -3.67. The van der Waals surface area contributed by atoms with Crippen molar-refractivity contribution in [3.05, 3.63) is 35.4 Å². The molecule has 0 aliphatic heterocycles. The van der Waals surface area contributed by atoms with Crippen molar-refractivity contribution in [2.75, 3.05) is 0 Å². The van der Waals surface area contributed by atoms with Gasteiger partial charge >= 0.3 is 5.51 Å². The Bertz CT molecular complexity index is 360. The average molecular weight is 250 g/mol. The molecule has 0 fully saturated rings. The molecule has 0 aromatic heterocycles.